The smallest absolute Gasteiger partial charge is 0.339 e. The van der Waals surface area contributed by atoms with Crippen LogP contribution in [-0.2, 0) is 14.3 Å². The van der Waals surface area contributed by atoms with Gasteiger partial charge >= 0.3 is 5.97 Å². The lowest BCUT2D eigenvalue weighted by molar-refractivity contribution is -0.178. The van der Waals surface area contributed by atoms with Crippen LogP contribution in [-0.4, -0.2) is 50.9 Å². The third-order valence-corrected chi connectivity index (χ3v) is 10.4. The lowest BCUT2D eigenvalue weighted by Gasteiger charge is -2.61. The molecule has 0 saturated heterocycles. The summed E-state index contributed by atoms with van der Waals surface area (Å²) in [7, 11) is 0. The number of esters is 1. The topological polar surface area (TPSA) is 101 Å². The number of aliphatic hydroxyl groups is 2. The summed E-state index contributed by atoms with van der Waals surface area (Å²) in [5.74, 6) is -1.34. The number of ketones is 2. The van der Waals surface area contributed by atoms with Crippen LogP contribution in [0.3, 0.4) is 0 Å². The summed E-state index contributed by atoms with van der Waals surface area (Å²) in [4.78, 5) is 38.6. The Kier molecular flexibility index (Phi) is 5.97. The van der Waals surface area contributed by atoms with Crippen molar-refractivity contribution >= 4 is 33.5 Å². The standard InChI is InChI=1S/C28H31BrO6/c1-26-10-8-18(31)12-17(26)13-20(29)23-19-9-11-28(22(33)15-30,27(19,2)14-21(32)24(23)26)35-25(34)16-6-4-3-5-7-16/h3-8,10,12,19-21,23-24,30,32H,9,11,13-15H2,1-2H3/t19-,20+,21-,23+,24-,26-,27-,28+/m0/s1. The van der Waals surface area contributed by atoms with Gasteiger partial charge in [-0.3, -0.25) is 9.59 Å². The van der Waals surface area contributed by atoms with Gasteiger partial charge in [0, 0.05) is 21.6 Å². The van der Waals surface area contributed by atoms with E-state index in [-0.39, 0.29) is 34.8 Å². The molecule has 186 valence electrons. The molecule has 3 saturated carbocycles. The van der Waals surface area contributed by atoms with Crippen LogP contribution in [0.2, 0.25) is 0 Å². The molecule has 0 aromatic heterocycles. The number of rotatable bonds is 4. The van der Waals surface area contributed by atoms with Crippen molar-refractivity contribution in [2.75, 3.05) is 6.61 Å². The highest BCUT2D eigenvalue weighted by Crippen LogP contribution is 2.68. The normalized spacial score (nSPS) is 41.9. The summed E-state index contributed by atoms with van der Waals surface area (Å²) in [5.41, 5.74) is -1.48. The molecule has 0 spiro atoms. The first-order valence-corrected chi connectivity index (χ1v) is 13.2. The number of hydrogen-bond acceptors (Lipinski definition) is 6. The average molecular weight is 543 g/mol. The Morgan fingerprint density at radius 2 is 1.91 bits per heavy atom. The predicted octanol–water partition coefficient (Wildman–Crippen LogP) is 3.80. The first-order chi connectivity index (χ1) is 16.6. The number of carbonyl (C=O) groups excluding carboxylic acids is 3. The van der Waals surface area contributed by atoms with Crippen LogP contribution >= 0.6 is 15.9 Å². The highest BCUT2D eigenvalue weighted by Gasteiger charge is 2.71. The summed E-state index contributed by atoms with van der Waals surface area (Å²) in [5, 5.41) is 21.6. The Labute approximate surface area is 213 Å². The fourth-order valence-corrected chi connectivity index (χ4v) is 8.88. The molecule has 7 heteroatoms. The maximum Gasteiger partial charge on any atom is 0.339 e. The molecule has 0 aliphatic heterocycles. The highest BCUT2D eigenvalue weighted by atomic mass is 79.9. The van der Waals surface area contributed by atoms with Crippen LogP contribution in [0.1, 0.15) is 49.9 Å². The Hall–Kier alpha value is -2.09. The van der Waals surface area contributed by atoms with E-state index in [2.05, 4.69) is 22.9 Å². The molecule has 2 N–H and O–H groups in total. The maximum absolute atomic E-state index is 13.4. The fraction of sp³-hybridized carbons (Fsp3) is 0.536. The minimum absolute atomic E-state index is 0.00439. The number of carbonyl (C=O) groups is 3. The fourth-order valence-electron chi connectivity index (χ4n) is 7.83. The summed E-state index contributed by atoms with van der Waals surface area (Å²) in [6.07, 6.45) is 6.30. The van der Waals surface area contributed by atoms with Crippen LogP contribution < -0.4 is 0 Å². The van der Waals surface area contributed by atoms with Gasteiger partial charge in [0.25, 0.3) is 0 Å². The van der Waals surface area contributed by atoms with Crippen molar-refractivity contribution in [3.05, 3.63) is 59.7 Å². The maximum atomic E-state index is 13.4. The number of fused-ring (bicyclic) bond motifs is 5. The lowest BCUT2D eigenvalue weighted by atomic mass is 9.46. The van der Waals surface area contributed by atoms with Crippen LogP contribution in [0, 0.1) is 28.6 Å². The molecule has 4 aliphatic rings. The molecule has 4 aliphatic carbocycles. The molecule has 0 heterocycles. The Bertz CT molecular complexity index is 1130. The van der Waals surface area contributed by atoms with Crippen molar-refractivity contribution in [2.45, 2.75) is 56.1 Å². The molecule has 3 fully saturated rings. The summed E-state index contributed by atoms with van der Waals surface area (Å²) in [6.45, 7) is 3.28. The molecular weight excluding hydrogens is 512 g/mol. The molecule has 0 amide bonds. The number of aliphatic hydroxyl groups excluding tert-OH is 2. The van der Waals surface area contributed by atoms with Gasteiger partial charge in [0.05, 0.1) is 11.7 Å². The van der Waals surface area contributed by atoms with E-state index >= 15 is 0 Å². The zero-order valence-electron chi connectivity index (χ0n) is 19.9. The molecule has 35 heavy (non-hydrogen) atoms. The van der Waals surface area contributed by atoms with Gasteiger partial charge in [0.2, 0.25) is 5.78 Å². The van der Waals surface area contributed by atoms with Gasteiger partial charge < -0.3 is 14.9 Å². The second-order valence-corrected chi connectivity index (χ2v) is 12.2. The predicted molar refractivity (Wildman–Crippen MR) is 133 cm³/mol. The molecule has 1 aromatic rings. The van der Waals surface area contributed by atoms with Crippen LogP contribution in [0.5, 0.6) is 0 Å². The highest BCUT2D eigenvalue weighted by molar-refractivity contribution is 9.09. The second kappa shape index (κ2) is 8.49. The van der Waals surface area contributed by atoms with Crippen molar-refractivity contribution < 1.29 is 29.3 Å². The number of halogens is 1. The average Bonchev–Trinajstić information content (AvgIpc) is 3.12. The van der Waals surface area contributed by atoms with Gasteiger partial charge in [0.1, 0.15) is 6.61 Å². The molecule has 8 atom stereocenters. The van der Waals surface area contributed by atoms with Gasteiger partial charge in [-0.25, -0.2) is 4.79 Å². The van der Waals surface area contributed by atoms with Crippen LogP contribution in [0.25, 0.3) is 0 Å². The molecule has 0 unspecified atom stereocenters. The molecule has 1 aromatic carbocycles. The minimum atomic E-state index is -1.52. The van der Waals surface area contributed by atoms with E-state index < -0.39 is 40.9 Å². The quantitative estimate of drug-likeness (QED) is 0.443. The summed E-state index contributed by atoms with van der Waals surface area (Å²) >= 11 is 3.87. The number of allylic oxidation sites excluding steroid dienone is 4. The van der Waals surface area contributed by atoms with Crippen molar-refractivity contribution in [2.24, 2.45) is 28.6 Å². The van der Waals surface area contributed by atoms with Crippen LogP contribution in [0.4, 0.5) is 0 Å². The van der Waals surface area contributed by atoms with Gasteiger partial charge in [0.15, 0.2) is 11.4 Å². The number of Topliss-reactive ketones (excluding diaryl/α,β-unsaturated/α-hetero) is 1. The van der Waals surface area contributed by atoms with E-state index in [0.29, 0.717) is 24.8 Å². The van der Waals surface area contributed by atoms with Gasteiger partial charge in [-0.2, -0.15) is 0 Å². The van der Waals surface area contributed by atoms with E-state index in [9.17, 15) is 24.6 Å². The number of ether oxygens (including phenoxy) is 1. The first-order valence-electron chi connectivity index (χ1n) is 12.3. The third-order valence-electron chi connectivity index (χ3n) is 9.47. The molecule has 0 radical (unpaired) electrons. The van der Waals surface area contributed by atoms with Gasteiger partial charge in [-0.05, 0) is 61.8 Å². The zero-order valence-corrected chi connectivity index (χ0v) is 21.5. The Morgan fingerprint density at radius 1 is 1.20 bits per heavy atom. The van der Waals surface area contributed by atoms with Gasteiger partial charge in [-0.15, -0.1) is 0 Å². The number of benzene rings is 1. The summed E-state index contributed by atoms with van der Waals surface area (Å²) in [6, 6.07) is 8.54. The van der Waals surface area contributed by atoms with Crippen molar-refractivity contribution in [1.29, 1.82) is 0 Å². The van der Waals surface area contributed by atoms with E-state index in [0.717, 1.165) is 5.57 Å². The largest absolute Gasteiger partial charge is 0.447 e. The number of alkyl halides is 1. The monoisotopic (exact) mass is 542 g/mol. The first kappa shape index (κ1) is 24.6. The zero-order chi connectivity index (χ0) is 25.2. The molecule has 6 nitrogen and oxygen atoms in total. The minimum Gasteiger partial charge on any atom is -0.447 e. The van der Waals surface area contributed by atoms with E-state index in [4.69, 9.17) is 4.74 Å². The van der Waals surface area contributed by atoms with Gasteiger partial charge in [-0.1, -0.05) is 59.6 Å². The third kappa shape index (κ3) is 3.45. The van der Waals surface area contributed by atoms with Crippen molar-refractivity contribution in [3.63, 3.8) is 0 Å². The van der Waals surface area contributed by atoms with Crippen molar-refractivity contribution in [3.8, 4) is 0 Å². The summed E-state index contributed by atoms with van der Waals surface area (Å²) < 4.78 is 6.07. The Morgan fingerprint density at radius 3 is 2.60 bits per heavy atom. The Balaban J connectivity index is 1.56. The van der Waals surface area contributed by atoms with E-state index in [1.165, 1.54) is 0 Å². The SMILES string of the molecule is C[C@]12C=CC(=O)C=C1C[C@@H](Br)[C@@H]1[C@@H]2[C@@H](O)C[C@@]2(C)[C@H]1CC[C@@]2(OC(=O)c1ccccc1)C(=O)CO. The lowest BCUT2D eigenvalue weighted by Crippen LogP contribution is -2.64. The number of hydrogen-bond donors (Lipinski definition) is 2. The van der Waals surface area contributed by atoms with E-state index in [1.807, 2.05) is 13.0 Å². The van der Waals surface area contributed by atoms with Crippen LogP contribution in [0.15, 0.2) is 54.1 Å². The molecular formula is C28H31BrO6. The molecule has 0 bridgehead atoms. The van der Waals surface area contributed by atoms with Crippen molar-refractivity contribution in [1.82, 2.24) is 0 Å². The molecule has 5 rings (SSSR count). The second-order valence-electron chi connectivity index (χ2n) is 11.0. The van der Waals surface area contributed by atoms with E-state index in [1.54, 1.807) is 42.5 Å².